The molecule has 2 aliphatic heterocycles. The second-order valence-electron chi connectivity index (χ2n) is 8.58. The Balaban J connectivity index is 1.39. The molecule has 1 spiro atoms. The van der Waals surface area contributed by atoms with Crippen LogP contribution in [0.2, 0.25) is 0 Å². The van der Waals surface area contributed by atoms with Crippen LogP contribution < -0.4 is 4.90 Å². The van der Waals surface area contributed by atoms with Crippen LogP contribution in [-0.2, 0) is 9.59 Å². The maximum atomic E-state index is 13.3. The summed E-state index contributed by atoms with van der Waals surface area (Å²) in [6.07, 6.45) is 7.66. The molecule has 2 saturated heterocycles. The van der Waals surface area contributed by atoms with Gasteiger partial charge in [0.2, 0.25) is 11.8 Å². The Morgan fingerprint density at radius 3 is 2.59 bits per heavy atom. The minimum absolute atomic E-state index is 0.129. The third-order valence-electron chi connectivity index (χ3n) is 6.81. The van der Waals surface area contributed by atoms with Gasteiger partial charge in [0.05, 0.1) is 12.0 Å². The second-order valence-corrected chi connectivity index (χ2v) is 8.58. The molecule has 5 heteroatoms. The van der Waals surface area contributed by atoms with Crippen molar-refractivity contribution in [3.63, 3.8) is 0 Å². The predicted octanol–water partition coefficient (Wildman–Crippen LogP) is 2.91. The zero-order chi connectivity index (χ0) is 18.9. The molecule has 1 aromatic carbocycles. The molecule has 0 bridgehead atoms. The number of anilines is 1. The van der Waals surface area contributed by atoms with Crippen molar-refractivity contribution in [3.8, 4) is 0 Å². The highest BCUT2D eigenvalue weighted by Crippen LogP contribution is 2.42. The fraction of sp³-hybridized carbons (Fsp3) is 0.636. The Bertz CT molecular complexity index is 686. The monoisotopic (exact) mass is 369 g/mol. The van der Waals surface area contributed by atoms with Crippen molar-refractivity contribution < 1.29 is 9.59 Å². The molecule has 3 fully saturated rings. The number of rotatable bonds is 4. The number of likely N-dealkylation sites (N-methyl/N-ethyl adjacent to an activating group) is 1. The van der Waals surface area contributed by atoms with Gasteiger partial charge in [0.15, 0.2) is 0 Å². The minimum Gasteiger partial charge on any atom is -0.365 e. The molecule has 3 aliphatic rings. The number of hydrogen-bond donors (Lipinski definition) is 0. The van der Waals surface area contributed by atoms with Crippen molar-refractivity contribution in [1.29, 1.82) is 0 Å². The zero-order valence-corrected chi connectivity index (χ0v) is 16.4. The van der Waals surface area contributed by atoms with E-state index in [4.69, 9.17) is 0 Å². The minimum atomic E-state index is -0.318. The summed E-state index contributed by atoms with van der Waals surface area (Å²) in [6.45, 7) is 2.60. The first-order chi connectivity index (χ1) is 13.1. The molecular formula is C22H31N3O2. The Morgan fingerprint density at radius 1 is 1.11 bits per heavy atom. The van der Waals surface area contributed by atoms with Crippen molar-refractivity contribution in [1.82, 2.24) is 9.80 Å². The molecule has 0 unspecified atom stereocenters. The number of benzene rings is 1. The van der Waals surface area contributed by atoms with Crippen molar-refractivity contribution >= 4 is 17.5 Å². The van der Waals surface area contributed by atoms with E-state index in [0.29, 0.717) is 31.6 Å². The summed E-state index contributed by atoms with van der Waals surface area (Å²) in [4.78, 5) is 32.3. The topological polar surface area (TPSA) is 43.9 Å². The SMILES string of the molecule is CN(CC(=O)N1CC[C@@]2(CCCN(C3CCCC3)C2=O)C1)c1ccccc1. The summed E-state index contributed by atoms with van der Waals surface area (Å²) >= 11 is 0. The molecule has 1 aliphatic carbocycles. The highest BCUT2D eigenvalue weighted by molar-refractivity contribution is 5.87. The van der Waals surface area contributed by atoms with Gasteiger partial charge in [-0.2, -0.15) is 0 Å². The largest absolute Gasteiger partial charge is 0.365 e. The first-order valence-electron chi connectivity index (χ1n) is 10.4. The van der Waals surface area contributed by atoms with Gasteiger partial charge in [-0.25, -0.2) is 0 Å². The van der Waals surface area contributed by atoms with E-state index in [1.165, 1.54) is 12.8 Å². The number of likely N-dealkylation sites (tertiary alicyclic amines) is 2. The Kier molecular flexibility index (Phi) is 5.11. The van der Waals surface area contributed by atoms with E-state index in [1.54, 1.807) is 0 Å². The Labute approximate surface area is 162 Å². The molecule has 0 N–H and O–H groups in total. The summed E-state index contributed by atoms with van der Waals surface area (Å²) in [5.74, 6) is 0.455. The standard InChI is InChI=1S/C22H31N3O2/c1-23(18-8-3-2-4-9-18)16-20(26)24-15-13-22(17-24)12-7-14-25(21(22)27)19-10-5-6-11-19/h2-4,8-9,19H,5-7,10-17H2,1H3/t22-/m0/s1. The normalized spacial score (nSPS) is 26.2. The van der Waals surface area contributed by atoms with Crippen LogP contribution in [0.3, 0.4) is 0 Å². The lowest BCUT2D eigenvalue weighted by molar-refractivity contribution is -0.148. The lowest BCUT2D eigenvalue weighted by Crippen LogP contribution is -2.53. The van der Waals surface area contributed by atoms with Gasteiger partial charge in [-0.1, -0.05) is 31.0 Å². The van der Waals surface area contributed by atoms with E-state index in [9.17, 15) is 9.59 Å². The number of carbonyl (C=O) groups excluding carboxylic acids is 2. The smallest absolute Gasteiger partial charge is 0.242 e. The van der Waals surface area contributed by atoms with E-state index in [0.717, 1.165) is 44.3 Å². The van der Waals surface area contributed by atoms with E-state index < -0.39 is 0 Å². The molecule has 0 aromatic heterocycles. The molecule has 1 aromatic rings. The molecule has 27 heavy (non-hydrogen) atoms. The number of piperidine rings is 1. The van der Waals surface area contributed by atoms with Gasteiger partial charge in [0, 0.05) is 38.4 Å². The van der Waals surface area contributed by atoms with Gasteiger partial charge in [0.25, 0.3) is 0 Å². The summed E-state index contributed by atoms with van der Waals surface area (Å²) in [7, 11) is 1.95. The predicted molar refractivity (Wildman–Crippen MR) is 107 cm³/mol. The van der Waals surface area contributed by atoms with Gasteiger partial charge in [-0.05, 0) is 44.2 Å². The maximum absolute atomic E-state index is 13.3. The van der Waals surface area contributed by atoms with Crippen LogP contribution in [0.1, 0.15) is 44.9 Å². The first kappa shape index (κ1) is 18.3. The maximum Gasteiger partial charge on any atom is 0.242 e. The number of amides is 2. The van der Waals surface area contributed by atoms with Crippen molar-refractivity contribution in [2.75, 3.05) is 38.1 Å². The third-order valence-corrected chi connectivity index (χ3v) is 6.81. The zero-order valence-electron chi connectivity index (χ0n) is 16.4. The van der Waals surface area contributed by atoms with Crippen LogP contribution in [0, 0.1) is 5.41 Å². The van der Waals surface area contributed by atoms with E-state index in [2.05, 4.69) is 4.90 Å². The van der Waals surface area contributed by atoms with Crippen molar-refractivity contribution in [2.24, 2.45) is 5.41 Å². The van der Waals surface area contributed by atoms with Gasteiger partial charge >= 0.3 is 0 Å². The van der Waals surface area contributed by atoms with Gasteiger partial charge < -0.3 is 14.7 Å². The summed E-state index contributed by atoms with van der Waals surface area (Å²) in [6, 6.07) is 10.4. The van der Waals surface area contributed by atoms with Crippen LogP contribution in [0.15, 0.2) is 30.3 Å². The number of hydrogen-bond acceptors (Lipinski definition) is 3. The second kappa shape index (κ2) is 7.53. The average Bonchev–Trinajstić information content (AvgIpc) is 3.36. The molecule has 1 saturated carbocycles. The number of carbonyl (C=O) groups is 2. The molecule has 2 heterocycles. The lowest BCUT2D eigenvalue weighted by atomic mass is 9.77. The third kappa shape index (κ3) is 3.56. The highest BCUT2D eigenvalue weighted by Gasteiger charge is 2.50. The summed E-state index contributed by atoms with van der Waals surface area (Å²) in [5.41, 5.74) is 0.725. The van der Waals surface area contributed by atoms with Crippen LogP contribution in [-0.4, -0.2) is 60.9 Å². The fourth-order valence-corrected chi connectivity index (χ4v) is 5.21. The number of para-hydroxylation sites is 1. The van der Waals surface area contributed by atoms with E-state index >= 15 is 0 Å². The van der Waals surface area contributed by atoms with E-state index in [-0.39, 0.29) is 11.3 Å². The van der Waals surface area contributed by atoms with Gasteiger partial charge in [0.1, 0.15) is 0 Å². The van der Waals surface area contributed by atoms with Crippen LogP contribution in [0.5, 0.6) is 0 Å². The quantitative estimate of drug-likeness (QED) is 0.820. The lowest BCUT2D eigenvalue weighted by Gasteiger charge is -2.42. The molecular weight excluding hydrogens is 338 g/mol. The Morgan fingerprint density at radius 2 is 1.85 bits per heavy atom. The fourth-order valence-electron chi connectivity index (χ4n) is 5.21. The molecule has 146 valence electrons. The van der Waals surface area contributed by atoms with Crippen molar-refractivity contribution in [3.05, 3.63) is 30.3 Å². The van der Waals surface area contributed by atoms with Gasteiger partial charge in [-0.15, -0.1) is 0 Å². The summed E-state index contributed by atoms with van der Waals surface area (Å²) in [5, 5.41) is 0. The van der Waals surface area contributed by atoms with Crippen LogP contribution in [0.4, 0.5) is 5.69 Å². The molecule has 2 amide bonds. The molecule has 1 atom stereocenters. The first-order valence-corrected chi connectivity index (χ1v) is 10.4. The molecule has 4 rings (SSSR count). The summed E-state index contributed by atoms with van der Waals surface area (Å²) < 4.78 is 0. The average molecular weight is 370 g/mol. The van der Waals surface area contributed by atoms with E-state index in [1.807, 2.05) is 47.2 Å². The van der Waals surface area contributed by atoms with Gasteiger partial charge in [-0.3, -0.25) is 9.59 Å². The Hall–Kier alpha value is -2.04. The van der Waals surface area contributed by atoms with Crippen LogP contribution >= 0.6 is 0 Å². The van der Waals surface area contributed by atoms with Crippen LogP contribution in [0.25, 0.3) is 0 Å². The molecule has 0 radical (unpaired) electrons. The number of nitrogens with zero attached hydrogens (tertiary/aromatic N) is 3. The molecule has 5 nitrogen and oxygen atoms in total. The van der Waals surface area contributed by atoms with Crippen molar-refractivity contribution in [2.45, 2.75) is 51.0 Å². The highest BCUT2D eigenvalue weighted by atomic mass is 16.2.